The maximum Gasteiger partial charge on any atom is 0.411 e. The fourth-order valence-electron chi connectivity index (χ4n) is 1.58. The van der Waals surface area contributed by atoms with Gasteiger partial charge in [-0.05, 0) is 19.9 Å². The van der Waals surface area contributed by atoms with E-state index < -0.39 is 6.09 Å². The van der Waals surface area contributed by atoms with Crippen LogP contribution in [0, 0.1) is 0 Å². The summed E-state index contributed by atoms with van der Waals surface area (Å²) in [5.41, 5.74) is 1.28. The Morgan fingerprint density at radius 2 is 2.00 bits per heavy atom. The SMILES string of the molecule is C=Cc1cc(NC(=O)OC(C)C)cc(OC)c1OC. The van der Waals surface area contributed by atoms with E-state index in [9.17, 15) is 4.79 Å². The van der Waals surface area contributed by atoms with E-state index in [-0.39, 0.29) is 6.10 Å². The standard InChI is InChI=1S/C14H19NO4/c1-6-10-7-11(15-14(16)19-9(2)3)8-12(17-4)13(10)18-5/h6-9H,1H2,2-5H3,(H,15,16). The van der Waals surface area contributed by atoms with Gasteiger partial charge in [0.2, 0.25) is 0 Å². The van der Waals surface area contributed by atoms with Crippen LogP contribution >= 0.6 is 0 Å². The van der Waals surface area contributed by atoms with Gasteiger partial charge < -0.3 is 14.2 Å². The maximum absolute atomic E-state index is 11.5. The molecule has 0 fully saturated rings. The molecule has 104 valence electrons. The summed E-state index contributed by atoms with van der Waals surface area (Å²) >= 11 is 0. The summed E-state index contributed by atoms with van der Waals surface area (Å²) in [5.74, 6) is 1.08. The van der Waals surface area contributed by atoms with Gasteiger partial charge in [0, 0.05) is 17.3 Å². The van der Waals surface area contributed by atoms with Gasteiger partial charge in [-0.1, -0.05) is 12.7 Å². The normalized spacial score (nSPS) is 9.95. The number of benzene rings is 1. The van der Waals surface area contributed by atoms with Crippen LogP contribution in [0.4, 0.5) is 10.5 Å². The van der Waals surface area contributed by atoms with E-state index in [0.29, 0.717) is 17.2 Å². The zero-order valence-electron chi connectivity index (χ0n) is 11.6. The van der Waals surface area contributed by atoms with Crippen molar-refractivity contribution >= 4 is 17.9 Å². The van der Waals surface area contributed by atoms with Crippen LogP contribution in [0.15, 0.2) is 18.7 Å². The van der Waals surface area contributed by atoms with Gasteiger partial charge in [-0.15, -0.1) is 0 Å². The Labute approximate surface area is 113 Å². The third kappa shape index (κ3) is 3.91. The molecule has 1 N–H and O–H groups in total. The molecular formula is C14H19NO4. The first-order valence-corrected chi connectivity index (χ1v) is 5.88. The average molecular weight is 265 g/mol. The lowest BCUT2D eigenvalue weighted by Gasteiger charge is -2.14. The molecule has 0 aliphatic heterocycles. The molecule has 0 radical (unpaired) electrons. The van der Waals surface area contributed by atoms with Gasteiger partial charge in [0.05, 0.1) is 20.3 Å². The van der Waals surface area contributed by atoms with Crippen LogP contribution in [-0.4, -0.2) is 26.4 Å². The zero-order chi connectivity index (χ0) is 14.4. The van der Waals surface area contributed by atoms with Gasteiger partial charge >= 0.3 is 6.09 Å². The second-order valence-electron chi connectivity index (χ2n) is 4.08. The third-order valence-electron chi connectivity index (χ3n) is 2.32. The van der Waals surface area contributed by atoms with Crippen LogP contribution in [0.25, 0.3) is 6.08 Å². The molecule has 0 aromatic heterocycles. The number of anilines is 1. The lowest BCUT2D eigenvalue weighted by atomic mass is 10.1. The predicted octanol–water partition coefficient (Wildman–Crippen LogP) is 3.30. The highest BCUT2D eigenvalue weighted by atomic mass is 16.6. The van der Waals surface area contributed by atoms with Crippen LogP contribution in [-0.2, 0) is 4.74 Å². The smallest absolute Gasteiger partial charge is 0.411 e. The van der Waals surface area contributed by atoms with Crippen molar-refractivity contribution in [2.24, 2.45) is 0 Å². The van der Waals surface area contributed by atoms with E-state index in [1.54, 1.807) is 39.2 Å². The molecule has 1 aromatic rings. The Morgan fingerprint density at radius 1 is 1.32 bits per heavy atom. The largest absolute Gasteiger partial charge is 0.493 e. The first kappa shape index (κ1) is 14.9. The molecule has 0 aliphatic rings. The number of amides is 1. The minimum Gasteiger partial charge on any atom is -0.493 e. The lowest BCUT2D eigenvalue weighted by molar-refractivity contribution is 0.130. The summed E-state index contributed by atoms with van der Waals surface area (Å²) in [7, 11) is 3.08. The number of methoxy groups -OCH3 is 2. The van der Waals surface area contributed by atoms with Crippen molar-refractivity contribution in [3.8, 4) is 11.5 Å². The van der Waals surface area contributed by atoms with Crippen molar-refractivity contribution < 1.29 is 19.0 Å². The molecule has 19 heavy (non-hydrogen) atoms. The molecule has 0 unspecified atom stereocenters. The molecular weight excluding hydrogens is 246 g/mol. The second-order valence-corrected chi connectivity index (χ2v) is 4.08. The Bertz CT molecular complexity index is 469. The number of rotatable bonds is 5. The van der Waals surface area contributed by atoms with Gasteiger partial charge in [0.1, 0.15) is 0 Å². The van der Waals surface area contributed by atoms with Gasteiger partial charge in [-0.25, -0.2) is 4.79 Å². The summed E-state index contributed by atoms with van der Waals surface area (Å²) in [5, 5.41) is 2.63. The van der Waals surface area contributed by atoms with Crippen LogP contribution in [0.1, 0.15) is 19.4 Å². The third-order valence-corrected chi connectivity index (χ3v) is 2.32. The topological polar surface area (TPSA) is 56.8 Å². The van der Waals surface area contributed by atoms with Gasteiger partial charge in [0.25, 0.3) is 0 Å². The van der Waals surface area contributed by atoms with Crippen molar-refractivity contribution in [2.75, 3.05) is 19.5 Å². The molecule has 1 aromatic carbocycles. The van der Waals surface area contributed by atoms with Gasteiger partial charge in [-0.2, -0.15) is 0 Å². The number of nitrogens with one attached hydrogen (secondary N) is 1. The summed E-state index contributed by atoms with van der Waals surface area (Å²) in [6.45, 7) is 7.27. The predicted molar refractivity (Wildman–Crippen MR) is 74.9 cm³/mol. The quantitative estimate of drug-likeness (QED) is 0.887. The number of ether oxygens (including phenoxy) is 3. The van der Waals surface area contributed by atoms with E-state index in [2.05, 4.69) is 11.9 Å². The Balaban J connectivity index is 3.03. The molecule has 5 nitrogen and oxygen atoms in total. The second kappa shape index (κ2) is 6.68. The summed E-state index contributed by atoms with van der Waals surface area (Å²) < 4.78 is 15.5. The number of carbonyl (C=O) groups excluding carboxylic acids is 1. The molecule has 0 heterocycles. The monoisotopic (exact) mass is 265 g/mol. The van der Waals surface area contributed by atoms with Gasteiger partial charge in [-0.3, -0.25) is 5.32 Å². The van der Waals surface area contributed by atoms with E-state index in [1.165, 1.54) is 7.11 Å². The molecule has 1 rings (SSSR count). The summed E-state index contributed by atoms with van der Waals surface area (Å²) in [4.78, 5) is 11.5. The van der Waals surface area contributed by atoms with Crippen LogP contribution in [0.3, 0.4) is 0 Å². The first-order chi connectivity index (χ1) is 9.01. The molecule has 0 saturated carbocycles. The summed E-state index contributed by atoms with van der Waals surface area (Å²) in [6.07, 6.45) is 0.927. The van der Waals surface area contributed by atoms with Gasteiger partial charge in [0.15, 0.2) is 11.5 Å². The fourth-order valence-corrected chi connectivity index (χ4v) is 1.58. The molecule has 0 bridgehead atoms. The van der Waals surface area contributed by atoms with Crippen molar-refractivity contribution in [3.63, 3.8) is 0 Å². The van der Waals surface area contributed by atoms with E-state index >= 15 is 0 Å². The number of hydrogen-bond donors (Lipinski definition) is 1. The van der Waals surface area contributed by atoms with E-state index in [1.807, 2.05) is 0 Å². The zero-order valence-corrected chi connectivity index (χ0v) is 11.6. The molecule has 0 spiro atoms. The molecule has 1 amide bonds. The van der Waals surface area contributed by atoms with E-state index in [4.69, 9.17) is 14.2 Å². The number of hydrogen-bond acceptors (Lipinski definition) is 4. The van der Waals surface area contributed by atoms with E-state index in [0.717, 1.165) is 5.56 Å². The number of carbonyl (C=O) groups is 1. The molecule has 5 heteroatoms. The fraction of sp³-hybridized carbons (Fsp3) is 0.357. The van der Waals surface area contributed by atoms with Crippen molar-refractivity contribution in [3.05, 3.63) is 24.3 Å². The molecule has 0 aliphatic carbocycles. The van der Waals surface area contributed by atoms with Crippen LogP contribution in [0.2, 0.25) is 0 Å². The van der Waals surface area contributed by atoms with Crippen molar-refractivity contribution in [2.45, 2.75) is 20.0 Å². The average Bonchev–Trinajstić information content (AvgIpc) is 2.36. The minimum absolute atomic E-state index is 0.181. The van der Waals surface area contributed by atoms with Crippen LogP contribution in [0.5, 0.6) is 11.5 Å². The highest BCUT2D eigenvalue weighted by Gasteiger charge is 2.13. The molecule has 0 saturated heterocycles. The highest BCUT2D eigenvalue weighted by molar-refractivity contribution is 5.86. The van der Waals surface area contributed by atoms with Crippen molar-refractivity contribution in [1.82, 2.24) is 0 Å². The lowest BCUT2D eigenvalue weighted by Crippen LogP contribution is -2.18. The first-order valence-electron chi connectivity index (χ1n) is 5.88. The van der Waals surface area contributed by atoms with Crippen molar-refractivity contribution in [1.29, 1.82) is 0 Å². The highest BCUT2D eigenvalue weighted by Crippen LogP contribution is 2.35. The maximum atomic E-state index is 11.5. The Hall–Kier alpha value is -2.17. The Morgan fingerprint density at radius 3 is 2.47 bits per heavy atom. The summed E-state index contributed by atoms with van der Waals surface area (Å²) in [6, 6.07) is 3.39. The molecule has 0 atom stereocenters. The van der Waals surface area contributed by atoms with Crippen LogP contribution < -0.4 is 14.8 Å². The minimum atomic E-state index is -0.516. The Kier molecular flexibility index (Phi) is 5.23.